The molecule has 0 atom stereocenters. The van der Waals surface area contributed by atoms with Gasteiger partial charge in [0.15, 0.2) is 5.82 Å². The van der Waals surface area contributed by atoms with E-state index in [1.807, 2.05) is 53.4 Å². The highest BCUT2D eigenvalue weighted by atomic mass is 16.5. The number of ether oxygens (including phenoxy) is 1. The molecule has 1 fully saturated rings. The Bertz CT molecular complexity index is 939. The van der Waals surface area contributed by atoms with E-state index in [0.717, 1.165) is 17.2 Å². The number of para-hydroxylation sites is 1. The van der Waals surface area contributed by atoms with Crippen LogP contribution in [0.2, 0.25) is 0 Å². The first-order chi connectivity index (χ1) is 13.8. The number of aromatic nitrogens is 3. The Morgan fingerprint density at radius 2 is 1.68 bits per heavy atom. The number of hydrogen-bond acceptors (Lipinski definition) is 6. The number of piperazine rings is 1. The van der Waals surface area contributed by atoms with Gasteiger partial charge in [-0.15, -0.1) is 10.2 Å². The van der Waals surface area contributed by atoms with E-state index >= 15 is 0 Å². The molecule has 1 aliphatic rings. The zero-order valence-electron chi connectivity index (χ0n) is 15.7. The quantitative estimate of drug-likeness (QED) is 0.698. The lowest BCUT2D eigenvalue weighted by atomic mass is 10.1. The van der Waals surface area contributed by atoms with E-state index in [2.05, 4.69) is 20.1 Å². The van der Waals surface area contributed by atoms with Gasteiger partial charge in [0.2, 0.25) is 0 Å². The topological polar surface area (TPSA) is 71.5 Å². The molecule has 7 nitrogen and oxygen atoms in total. The first-order valence-corrected chi connectivity index (χ1v) is 9.18. The van der Waals surface area contributed by atoms with Crippen LogP contribution < -0.4 is 9.64 Å². The Labute approximate surface area is 163 Å². The molecule has 0 spiro atoms. The summed E-state index contributed by atoms with van der Waals surface area (Å²) in [7, 11) is 1.58. The largest absolute Gasteiger partial charge is 0.496 e. The van der Waals surface area contributed by atoms with E-state index < -0.39 is 0 Å². The summed E-state index contributed by atoms with van der Waals surface area (Å²) in [5.41, 5.74) is 2.14. The van der Waals surface area contributed by atoms with Gasteiger partial charge in [-0.3, -0.25) is 9.78 Å². The number of amides is 1. The molecule has 4 rings (SSSR count). The minimum atomic E-state index is -0.00585. The van der Waals surface area contributed by atoms with E-state index in [9.17, 15) is 4.79 Å². The molecule has 7 heteroatoms. The monoisotopic (exact) mass is 375 g/mol. The van der Waals surface area contributed by atoms with Gasteiger partial charge < -0.3 is 14.5 Å². The average molecular weight is 375 g/mol. The standard InChI is InChI=1S/C21H21N5O2/c1-28-19-8-3-2-6-16(19)21(27)26-14-12-25(13-15-26)20-10-9-18(23-24-20)17-7-4-5-11-22-17/h2-11H,12-15H2,1H3. The third kappa shape index (κ3) is 3.64. The highest BCUT2D eigenvalue weighted by Gasteiger charge is 2.24. The molecular formula is C21H21N5O2. The first kappa shape index (κ1) is 17.9. The summed E-state index contributed by atoms with van der Waals surface area (Å²) in [4.78, 5) is 21.1. The maximum Gasteiger partial charge on any atom is 0.257 e. The fraction of sp³-hybridized carbons (Fsp3) is 0.238. The number of hydrogen-bond donors (Lipinski definition) is 0. The van der Waals surface area contributed by atoms with Crippen LogP contribution in [0.5, 0.6) is 5.75 Å². The number of benzene rings is 1. The minimum Gasteiger partial charge on any atom is -0.496 e. The van der Waals surface area contributed by atoms with Gasteiger partial charge in [-0.2, -0.15) is 0 Å². The maximum absolute atomic E-state index is 12.8. The Morgan fingerprint density at radius 3 is 2.36 bits per heavy atom. The van der Waals surface area contributed by atoms with Crippen LogP contribution in [0.3, 0.4) is 0 Å². The van der Waals surface area contributed by atoms with Crippen molar-refractivity contribution in [2.24, 2.45) is 0 Å². The van der Waals surface area contributed by atoms with Crippen molar-refractivity contribution in [3.05, 3.63) is 66.4 Å². The summed E-state index contributed by atoms with van der Waals surface area (Å²) in [5, 5.41) is 8.64. The molecule has 1 saturated heterocycles. The second kappa shape index (κ2) is 8.04. The SMILES string of the molecule is COc1ccccc1C(=O)N1CCN(c2ccc(-c3ccccn3)nn2)CC1. The van der Waals surface area contributed by atoms with E-state index in [4.69, 9.17) is 4.74 Å². The fourth-order valence-electron chi connectivity index (χ4n) is 3.28. The van der Waals surface area contributed by atoms with Crippen molar-refractivity contribution in [1.82, 2.24) is 20.1 Å². The van der Waals surface area contributed by atoms with E-state index in [1.54, 1.807) is 19.4 Å². The molecular weight excluding hydrogens is 354 g/mol. The molecule has 28 heavy (non-hydrogen) atoms. The molecule has 0 saturated carbocycles. The van der Waals surface area contributed by atoms with Gasteiger partial charge in [0.05, 0.1) is 18.4 Å². The highest BCUT2D eigenvalue weighted by Crippen LogP contribution is 2.21. The van der Waals surface area contributed by atoms with Gasteiger partial charge in [0, 0.05) is 32.4 Å². The number of carbonyl (C=O) groups is 1. The van der Waals surface area contributed by atoms with Crippen LogP contribution in [-0.2, 0) is 0 Å². The van der Waals surface area contributed by atoms with Crippen molar-refractivity contribution >= 4 is 11.7 Å². The molecule has 1 aliphatic heterocycles. The molecule has 0 unspecified atom stereocenters. The molecule has 0 radical (unpaired) electrons. The van der Waals surface area contributed by atoms with Crippen LogP contribution in [0.15, 0.2) is 60.8 Å². The van der Waals surface area contributed by atoms with Crippen molar-refractivity contribution in [3.63, 3.8) is 0 Å². The number of methoxy groups -OCH3 is 1. The normalized spacial score (nSPS) is 14.0. The molecule has 0 aliphatic carbocycles. The van der Waals surface area contributed by atoms with Gasteiger partial charge in [-0.05, 0) is 36.4 Å². The van der Waals surface area contributed by atoms with Crippen molar-refractivity contribution in [2.75, 3.05) is 38.2 Å². The van der Waals surface area contributed by atoms with Crippen molar-refractivity contribution in [2.45, 2.75) is 0 Å². The summed E-state index contributed by atoms with van der Waals surface area (Å²) in [6, 6.07) is 16.9. The Morgan fingerprint density at radius 1 is 0.893 bits per heavy atom. The van der Waals surface area contributed by atoms with Crippen molar-refractivity contribution in [1.29, 1.82) is 0 Å². The smallest absolute Gasteiger partial charge is 0.257 e. The lowest BCUT2D eigenvalue weighted by Gasteiger charge is -2.35. The summed E-state index contributed by atoms with van der Waals surface area (Å²) >= 11 is 0. The summed E-state index contributed by atoms with van der Waals surface area (Å²) in [6.45, 7) is 2.66. The number of carbonyl (C=O) groups excluding carboxylic acids is 1. The molecule has 3 aromatic rings. The van der Waals surface area contributed by atoms with Crippen molar-refractivity contribution in [3.8, 4) is 17.1 Å². The summed E-state index contributed by atoms with van der Waals surface area (Å²) in [5.74, 6) is 1.41. The Balaban J connectivity index is 1.41. The fourth-order valence-corrected chi connectivity index (χ4v) is 3.28. The van der Waals surface area contributed by atoms with Crippen LogP contribution in [0, 0.1) is 0 Å². The minimum absolute atomic E-state index is 0.00585. The van der Waals surface area contributed by atoms with Crippen LogP contribution in [0.1, 0.15) is 10.4 Å². The first-order valence-electron chi connectivity index (χ1n) is 9.18. The highest BCUT2D eigenvalue weighted by molar-refractivity contribution is 5.97. The zero-order chi connectivity index (χ0) is 19.3. The molecule has 1 aromatic carbocycles. The van der Waals surface area contributed by atoms with Crippen LogP contribution >= 0.6 is 0 Å². The number of rotatable bonds is 4. The van der Waals surface area contributed by atoms with E-state index in [0.29, 0.717) is 37.5 Å². The number of anilines is 1. The molecule has 3 heterocycles. The van der Waals surface area contributed by atoms with Gasteiger partial charge in [-0.1, -0.05) is 18.2 Å². The van der Waals surface area contributed by atoms with Gasteiger partial charge in [-0.25, -0.2) is 0 Å². The van der Waals surface area contributed by atoms with Gasteiger partial charge in [0.1, 0.15) is 11.4 Å². The molecule has 1 amide bonds. The molecule has 142 valence electrons. The molecule has 0 bridgehead atoms. The van der Waals surface area contributed by atoms with Crippen molar-refractivity contribution < 1.29 is 9.53 Å². The zero-order valence-corrected chi connectivity index (χ0v) is 15.7. The Hall–Kier alpha value is -3.48. The van der Waals surface area contributed by atoms with Gasteiger partial charge >= 0.3 is 0 Å². The summed E-state index contributed by atoms with van der Waals surface area (Å²) in [6.07, 6.45) is 1.74. The van der Waals surface area contributed by atoms with E-state index in [1.165, 1.54) is 0 Å². The van der Waals surface area contributed by atoms with Crippen LogP contribution in [-0.4, -0.2) is 59.3 Å². The molecule has 2 aromatic heterocycles. The van der Waals surface area contributed by atoms with E-state index in [-0.39, 0.29) is 5.91 Å². The molecule has 0 N–H and O–H groups in total. The van der Waals surface area contributed by atoms with Gasteiger partial charge in [0.25, 0.3) is 5.91 Å². The summed E-state index contributed by atoms with van der Waals surface area (Å²) < 4.78 is 5.31. The lowest BCUT2D eigenvalue weighted by Crippen LogP contribution is -2.49. The predicted octanol–water partition coefficient (Wildman–Crippen LogP) is 2.51. The lowest BCUT2D eigenvalue weighted by molar-refractivity contribution is 0.0743. The second-order valence-corrected chi connectivity index (χ2v) is 6.47. The average Bonchev–Trinajstić information content (AvgIpc) is 2.79. The number of nitrogens with zero attached hydrogens (tertiary/aromatic N) is 5. The third-order valence-corrected chi connectivity index (χ3v) is 4.81. The van der Waals surface area contributed by atoms with Crippen LogP contribution in [0.4, 0.5) is 5.82 Å². The maximum atomic E-state index is 12.8. The number of pyridine rings is 1. The Kier molecular flexibility index (Phi) is 5.14. The third-order valence-electron chi connectivity index (χ3n) is 4.81. The van der Waals surface area contributed by atoms with Crippen LogP contribution in [0.25, 0.3) is 11.4 Å². The predicted molar refractivity (Wildman–Crippen MR) is 106 cm³/mol. The second-order valence-electron chi connectivity index (χ2n) is 6.47.